The van der Waals surface area contributed by atoms with Crippen LogP contribution in [0.3, 0.4) is 0 Å². The van der Waals surface area contributed by atoms with Crippen molar-refractivity contribution in [3.8, 4) is 44.1 Å². The zero-order valence-corrected chi connectivity index (χ0v) is 73.1. The highest BCUT2D eigenvalue weighted by molar-refractivity contribution is 7.15. The summed E-state index contributed by atoms with van der Waals surface area (Å²) in [4.78, 5) is 105. The third-order valence-corrected chi connectivity index (χ3v) is 25.9. The fourth-order valence-electron chi connectivity index (χ4n) is 17.1. The number of nitrogens with one attached hydrogen (secondary N) is 4. The normalized spacial score (nSPS) is 17.1. The maximum absolute atomic E-state index is 14.2. The molecule has 29 nitrogen and oxygen atoms in total. The lowest BCUT2D eigenvalue weighted by molar-refractivity contribution is 0.0364. The molecule has 0 aliphatic carbocycles. The fraction of sp³-hybridized carbons (Fsp3) is 0.387. The van der Waals surface area contributed by atoms with Crippen LogP contribution in [0.1, 0.15) is 73.4 Å². The average molecular weight is 1710 g/mol. The number of benzene rings is 4. The second-order valence-corrected chi connectivity index (χ2v) is 34.2. The zero-order chi connectivity index (χ0) is 85.3. The molecule has 0 spiro atoms. The molecule has 1 unspecified atom stereocenters. The quantitative estimate of drug-likeness (QED) is 0.0551. The Balaban J connectivity index is 0.000000132. The summed E-state index contributed by atoms with van der Waals surface area (Å²) >= 11 is 8.34. The predicted octanol–water partition coefficient (Wildman–Crippen LogP) is 13.1. The highest BCUT2D eigenvalue weighted by Crippen LogP contribution is 2.38. The molecule has 15 heterocycles. The van der Waals surface area contributed by atoms with Gasteiger partial charge in [0.1, 0.15) is 16.9 Å². The van der Waals surface area contributed by atoms with Crippen LogP contribution in [0.4, 0.5) is 52.0 Å². The van der Waals surface area contributed by atoms with Crippen molar-refractivity contribution in [3.63, 3.8) is 0 Å². The molecule has 1 atom stereocenters. The number of rotatable bonds is 20. The Morgan fingerprint density at radius 1 is 0.484 bits per heavy atom. The molecular formula is C93H107ClN24O5S. The van der Waals surface area contributed by atoms with Gasteiger partial charge < -0.3 is 60.1 Å². The minimum absolute atomic E-state index is 0.0373. The third-order valence-electron chi connectivity index (χ3n) is 24.4. The van der Waals surface area contributed by atoms with Gasteiger partial charge in [-0.3, -0.25) is 38.0 Å². The van der Waals surface area contributed by atoms with Gasteiger partial charge in [-0.25, -0.2) is 29.9 Å². The lowest BCUT2D eigenvalue weighted by Crippen LogP contribution is -2.44. The molecule has 0 bridgehead atoms. The van der Waals surface area contributed by atoms with E-state index in [1.165, 1.54) is 22.6 Å². The Labute approximate surface area is 730 Å². The molecule has 4 aromatic carbocycles. The lowest BCUT2D eigenvalue weighted by atomic mass is 9.98. The van der Waals surface area contributed by atoms with Crippen molar-refractivity contribution in [1.29, 1.82) is 0 Å². The number of likely N-dealkylation sites (tertiary alicyclic amines) is 1. The molecule has 13 aromatic rings. The van der Waals surface area contributed by atoms with Gasteiger partial charge in [0.05, 0.1) is 40.3 Å². The minimum atomic E-state index is -0.134. The summed E-state index contributed by atoms with van der Waals surface area (Å²) in [5, 5.41) is 17.5. The van der Waals surface area contributed by atoms with Crippen molar-refractivity contribution >= 4 is 108 Å². The predicted molar refractivity (Wildman–Crippen MR) is 496 cm³/mol. The number of thiazole rings is 1. The molecule has 19 rings (SSSR count). The smallest absolute Gasteiger partial charge is 0.260 e. The largest absolute Gasteiger partial charge is 0.379 e. The van der Waals surface area contributed by atoms with Crippen LogP contribution in [-0.4, -0.2) is 235 Å². The van der Waals surface area contributed by atoms with E-state index in [1.807, 2.05) is 87.6 Å². The van der Waals surface area contributed by atoms with E-state index in [-0.39, 0.29) is 22.8 Å². The highest BCUT2D eigenvalue weighted by atomic mass is 35.5. The Hall–Kier alpha value is -11.6. The molecule has 0 amide bonds. The van der Waals surface area contributed by atoms with Crippen LogP contribution in [0.25, 0.3) is 77.2 Å². The first-order valence-corrected chi connectivity index (χ1v) is 44.5. The van der Waals surface area contributed by atoms with E-state index < -0.39 is 0 Å². The standard InChI is InChI=1S/C34H38N10O2.C30H33ClN6O2.C29H36N8OS/c1-23-19-27(3-4-30(23)43-11-9-36-10-12-43)40-34-38-21-26-20-28(29-22-37-31(39-24(29)2)25-5-7-35-8-6-25)33(45)44(32(26)41-34)14-13-42-15-17-46-18-16-42;1-3-37-28-21(17-25(29(37)38)24-11-6-20(18-26(24)31)27-5-4-16-39-27)19-32-30(34-28)33-22-7-9-23(10-8-22)36-14-12-35(2)13-15-36;1-4-37-26-21(17-24(28(37)38)25-19-30-27(39-25)20-9-11-34(2)12-10-20)18-31-29(33-26)32-22-5-7-23(8-6-22)36-15-13-35(3)14-16-36/h3-8,19-22,36H,9-18H2,1-2H3,(H,38,40,41);6-11,17-19,27H,3-5,12-16H2,1-2H3,(H,32,33,34);5-8,17-20H,4,9-16H2,1-3H3,(H,31,32,33). The van der Waals surface area contributed by atoms with Gasteiger partial charge in [0, 0.05) is 257 Å². The SMILES string of the molecule is CCn1c(=O)c(-c2ccc(C3CCCO3)cc2Cl)cc2cnc(Nc3ccc(N4CCN(C)CC4)cc3)nc21.CCn1c(=O)c(-c2cnc(C3CCN(C)CC3)s2)cc2cnc(Nc3ccc(N4CCN(C)CC4)cc3)nc21.Cc1cc(Nc2ncc3cc(-c4cnc(-c5ccncc5)nc4C)c(=O)n(CCN4CCOCC4)c3n2)ccc1N1CCNCC1. The van der Waals surface area contributed by atoms with Crippen LogP contribution < -0.4 is 52.6 Å². The Kier molecular flexibility index (Phi) is 26.4. The summed E-state index contributed by atoms with van der Waals surface area (Å²) in [7, 11) is 6.49. The molecular weight excluding hydrogens is 1600 g/mol. The summed E-state index contributed by atoms with van der Waals surface area (Å²) < 4.78 is 16.5. The molecule has 4 N–H and O–H groups in total. The maximum Gasteiger partial charge on any atom is 0.260 e. The Morgan fingerprint density at radius 2 is 1.02 bits per heavy atom. The van der Waals surface area contributed by atoms with Gasteiger partial charge in [-0.1, -0.05) is 23.7 Å². The molecule has 31 heteroatoms. The van der Waals surface area contributed by atoms with Crippen LogP contribution in [0, 0.1) is 13.8 Å². The maximum atomic E-state index is 14.2. The van der Waals surface area contributed by atoms with E-state index in [4.69, 9.17) is 46.0 Å². The first-order chi connectivity index (χ1) is 60.5. The molecule has 642 valence electrons. The molecule has 0 saturated carbocycles. The number of hydrogen-bond acceptors (Lipinski definition) is 27. The van der Waals surface area contributed by atoms with Gasteiger partial charge in [-0.05, 0) is 202 Å². The van der Waals surface area contributed by atoms with E-state index in [1.54, 1.807) is 62.2 Å². The van der Waals surface area contributed by atoms with E-state index in [0.29, 0.717) is 119 Å². The Morgan fingerprint density at radius 3 is 1.56 bits per heavy atom. The lowest BCUT2D eigenvalue weighted by Gasteiger charge is -2.34. The first-order valence-electron chi connectivity index (χ1n) is 43.3. The number of nitrogens with zero attached hydrogens (tertiary/aromatic N) is 20. The van der Waals surface area contributed by atoms with Gasteiger partial charge in [0.2, 0.25) is 17.8 Å². The molecule has 9 aromatic heterocycles. The fourth-order valence-corrected chi connectivity index (χ4v) is 18.5. The highest BCUT2D eigenvalue weighted by Gasteiger charge is 2.27. The van der Waals surface area contributed by atoms with Crippen molar-refractivity contribution < 1.29 is 9.47 Å². The van der Waals surface area contributed by atoms with Gasteiger partial charge in [0.15, 0.2) is 5.82 Å². The molecule has 6 saturated heterocycles. The van der Waals surface area contributed by atoms with Crippen molar-refractivity contribution in [2.75, 3.05) is 183 Å². The summed E-state index contributed by atoms with van der Waals surface area (Å²) in [5.41, 5.74) is 14.8. The number of morpholine rings is 1. The summed E-state index contributed by atoms with van der Waals surface area (Å²) in [6.07, 6.45) is 16.7. The average Bonchev–Trinajstić information content (AvgIpc) is 0.990. The van der Waals surface area contributed by atoms with Gasteiger partial charge >= 0.3 is 0 Å². The molecule has 6 fully saturated rings. The summed E-state index contributed by atoms with van der Waals surface area (Å²) in [6.45, 7) is 28.5. The topological polar surface area (TPSA) is 284 Å². The molecule has 6 aliphatic heterocycles. The van der Waals surface area contributed by atoms with Crippen molar-refractivity contribution in [3.05, 3.63) is 217 Å². The number of pyridine rings is 4. The van der Waals surface area contributed by atoms with E-state index in [0.717, 1.165) is 197 Å². The number of hydrogen-bond donors (Lipinski definition) is 4. The van der Waals surface area contributed by atoms with Crippen LogP contribution in [0.2, 0.25) is 5.02 Å². The number of anilines is 9. The molecule has 6 aliphatic rings. The van der Waals surface area contributed by atoms with Gasteiger partial charge in [0.25, 0.3) is 16.7 Å². The van der Waals surface area contributed by atoms with Crippen LogP contribution in [-0.2, 0) is 29.1 Å². The van der Waals surface area contributed by atoms with Crippen LogP contribution in [0.5, 0.6) is 0 Å². The number of piperidine rings is 1. The second-order valence-electron chi connectivity index (χ2n) is 32.7. The number of piperazine rings is 3. The Bertz CT molecular complexity index is 6110. The van der Waals surface area contributed by atoms with Crippen LogP contribution in [0.15, 0.2) is 173 Å². The van der Waals surface area contributed by atoms with Gasteiger partial charge in [-0.2, -0.15) is 15.0 Å². The van der Waals surface area contributed by atoms with E-state index in [2.05, 4.69) is 163 Å². The number of halogens is 1. The monoisotopic (exact) mass is 1710 g/mol. The molecule has 0 radical (unpaired) electrons. The number of likely N-dealkylation sites (N-methyl/N-ethyl adjacent to an activating group) is 2. The van der Waals surface area contributed by atoms with Crippen LogP contribution >= 0.6 is 22.9 Å². The van der Waals surface area contributed by atoms with Crippen molar-refractivity contribution in [2.45, 2.75) is 85.0 Å². The number of aryl methyl sites for hydroxylation is 4. The third kappa shape index (κ3) is 19.3. The number of aromatic nitrogens is 13. The number of fused-ring (bicyclic) bond motifs is 3. The zero-order valence-electron chi connectivity index (χ0n) is 71.5. The molecule has 124 heavy (non-hydrogen) atoms. The summed E-state index contributed by atoms with van der Waals surface area (Å²) in [6, 6.07) is 38.3. The summed E-state index contributed by atoms with van der Waals surface area (Å²) in [5.74, 6) is 2.43. The van der Waals surface area contributed by atoms with E-state index >= 15 is 0 Å². The first kappa shape index (κ1) is 84.6. The van der Waals surface area contributed by atoms with Crippen molar-refractivity contribution in [2.24, 2.45) is 0 Å². The van der Waals surface area contributed by atoms with Gasteiger partial charge in [-0.15, -0.1) is 11.3 Å². The van der Waals surface area contributed by atoms with E-state index in [9.17, 15) is 14.4 Å². The van der Waals surface area contributed by atoms with Crippen molar-refractivity contribution in [1.82, 2.24) is 88.5 Å². The number of ether oxygens (including phenoxy) is 2. The minimum Gasteiger partial charge on any atom is -0.379 e. The second kappa shape index (κ2) is 38.7.